The van der Waals surface area contributed by atoms with Gasteiger partial charge in [-0.15, -0.1) is 0 Å². The van der Waals surface area contributed by atoms with E-state index in [0.29, 0.717) is 18.4 Å². The van der Waals surface area contributed by atoms with Crippen molar-refractivity contribution in [3.8, 4) is 0 Å². The Kier molecular flexibility index (Phi) is 23.6. The summed E-state index contributed by atoms with van der Waals surface area (Å²) in [6, 6.07) is 1.91. The molecule has 0 aromatic heterocycles. The SMILES string of the molecule is C[C@@H](OP(=O)(O)O)[C@H]1NC(=O)[C@@H](CCCN=C(N)N)NC(=O)[C@@H](CCCN=C(N)N)NC(=O)[C@H](CCC(N)=O)NC(=O)[C@H](CCCN=C(N)N)NC(=O)[C@H](Cc2ccc3ccccc3c2)NC(=O)[C@@H]2CCCCN2C1=O. The number of amides is 8. The van der Waals surface area contributed by atoms with Crippen LogP contribution in [-0.2, 0) is 53.9 Å². The number of nitrogens with two attached hydrogens (primary N) is 7. The van der Waals surface area contributed by atoms with Crippen molar-refractivity contribution in [2.24, 2.45) is 55.1 Å². The molecule has 0 radical (unpaired) electrons. The minimum absolute atomic E-state index is 0.00152. The number of primary amides is 1. The number of carbonyl (C=O) groups excluding carboxylic acids is 8. The Morgan fingerprint density at radius 3 is 1.55 bits per heavy atom. The number of piperidine rings is 1. The van der Waals surface area contributed by atoms with Crippen LogP contribution in [0, 0.1) is 0 Å². The molecule has 2 saturated heterocycles. The number of nitrogens with one attached hydrogen (secondary N) is 6. The normalized spacial score (nSPS) is 22.9. The number of carbonyl (C=O) groups is 8. The summed E-state index contributed by atoms with van der Waals surface area (Å²) in [7, 11) is -5.37. The van der Waals surface area contributed by atoms with Crippen LogP contribution in [0.2, 0.25) is 0 Å². The summed E-state index contributed by atoms with van der Waals surface area (Å²) in [5.41, 5.74) is 39.2. The fourth-order valence-corrected chi connectivity index (χ4v) is 9.15. The minimum atomic E-state index is -5.37. The molecule has 29 nitrogen and oxygen atoms in total. The van der Waals surface area contributed by atoms with E-state index < -0.39 is 116 Å². The molecular weight excluding hydrogens is 1010 g/mol. The largest absolute Gasteiger partial charge is 0.469 e. The van der Waals surface area contributed by atoms with Gasteiger partial charge in [0, 0.05) is 39.0 Å². The lowest BCUT2D eigenvalue weighted by molar-refractivity contribution is -0.148. The molecule has 2 fully saturated rings. The Morgan fingerprint density at radius 1 is 0.632 bits per heavy atom. The van der Waals surface area contributed by atoms with Gasteiger partial charge in [0.25, 0.3) is 0 Å². The molecule has 2 aromatic rings. The van der Waals surface area contributed by atoms with Crippen molar-refractivity contribution in [2.75, 3.05) is 26.2 Å². The van der Waals surface area contributed by atoms with Crippen molar-refractivity contribution in [1.29, 1.82) is 0 Å². The monoisotopic (exact) mass is 1090 g/mol. The highest BCUT2D eigenvalue weighted by atomic mass is 31.2. The van der Waals surface area contributed by atoms with Gasteiger partial charge >= 0.3 is 7.82 Å². The molecule has 0 unspecified atom stereocenters. The van der Waals surface area contributed by atoms with E-state index in [9.17, 15) is 52.7 Å². The molecule has 0 bridgehead atoms. The molecule has 418 valence electrons. The van der Waals surface area contributed by atoms with E-state index in [1.165, 1.54) is 0 Å². The molecule has 8 atom stereocenters. The van der Waals surface area contributed by atoms with Gasteiger partial charge in [-0.1, -0.05) is 42.5 Å². The summed E-state index contributed by atoms with van der Waals surface area (Å²) in [4.78, 5) is 147. The predicted octanol–water partition coefficient (Wildman–Crippen LogP) is -4.39. The van der Waals surface area contributed by atoms with Gasteiger partial charge in [-0.05, 0) is 87.5 Å². The number of fused-ring (bicyclic) bond motifs is 2. The molecule has 2 heterocycles. The van der Waals surface area contributed by atoms with Gasteiger partial charge in [0.05, 0.1) is 6.10 Å². The fraction of sp³-hybridized carbons (Fsp3) is 0.543. The Labute approximate surface area is 438 Å². The number of benzene rings is 2. The molecule has 30 heteroatoms. The zero-order valence-corrected chi connectivity index (χ0v) is 43.1. The number of nitrogens with zero attached hydrogens (tertiary/aromatic N) is 4. The van der Waals surface area contributed by atoms with Crippen LogP contribution in [0.3, 0.4) is 0 Å². The minimum Gasteiger partial charge on any atom is -0.370 e. The van der Waals surface area contributed by atoms with Crippen molar-refractivity contribution in [3.63, 3.8) is 0 Å². The summed E-state index contributed by atoms with van der Waals surface area (Å²) < 4.78 is 17.2. The lowest BCUT2D eigenvalue weighted by Gasteiger charge is -2.39. The molecule has 0 saturated carbocycles. The number of hydrogen-bond acceptors (Lipinski definition) is 13. The maximum atomic E-state index is 14.8. The van der Waals surface area contributed by atoms with E-state index in [4.69, 9.17) is 44.7 Å². The van der Waals surface area contributed by atoms with Crippen LogP contribution in [0.25, 0.3) is 10.8 Å². The fourth-order valence-electron chi connectivity index (χ4n) is 8.60. The van der Waals surface area contributed by atoms with Gasteiger partial charge in [-0.25, -0.2) is 4.57 Å². The second kappa shape index (κ2) is 29.5. The Hall–Kier alpha value is -7.62. The van der Waals surface area contributed by atoms with Crippen LogP contribution in [-0.4, -0.2) is 154 Å². The molecule has 22 N–H and O–H groups in total. The number of guanidine groups is 3. The highest BCUT2D eigenvalue weighted by Crippen LogP contribution is 2.38. The van der Waals surface area contributed by atoms with Gasteiger partial charge < -0.3 is 86.7 Å². The van der Waals surface area contributed by atoms with Gasteiger partial charge in [-0.3, -0.25) is 57.9 Å². The number of aliphatic imine (C=N–C) groups is 3. The smallest absolute Gasteiger partial charge is 0.370 e. The van der Waals surface area contributed by atoms with Crippen molar-refractivity contribution < 1.29 is 57.2 Å². The molecule has 2 aromatic carbocycles. The summed E-state index contributed by atoms with van der Waals surface area (Å²) in [5.74, 6) is -8.37. The quantitative estimate of drug-likeness (QED) is 0.0258. The van der Waals surface area contributed by atoms with Crippen molar-refractivity contribution in [1.82, 2.24) is 36.8 Å². The Morgan fingerprint density at radius 2 is 1.08 bits per heavy atom. The molecule has 2 aliphatic heterocycles. The van der Waals surface area contributed by atoms with E-state index >= 15 is 0 Å². The van der Waals surface area contributed by atoms with Crippen molar-refractivity contribution in [2.45, 2.75) is 132 Å². The third kappa shape index (κ3) is 20.2. The summed E-state index contributed by atoms with van der Waals surface area (Å²) in [6.07, 6.45) is -2.36. The first kappa shape index (κ1) is 60.9. The first-order chi connectivity index (χ1) is 35.9. The highest BCUT2D eigenvalue weighted by Gasteiger charge is 2.42. The maximum absolute atomic E-state index is 14.8. The molecule has 0 aliphatic carbocycles. The van der Waals surface area contributed by atoms with Gasteiger partial charge in [0.15, 0.2) is 17.9 Å². The summed E-state index contributed by atoms with van der Waals surface area (Å²) in [5, 5.41) is 17.3. The molecule has 2 aliphatic rings. The topological polar surface area (TPSA) is 498 Å². The van der Waals surface area contributed by atoms with Gasteiger partial charge in [0.2, 0.25) is 47.3 Å². The molecular formula is C46H72N17O12P. The van der Waals surface area contributed by atoms with Crippen LogP contribution >= 0.6 is 7.82 Å². The molecule has 8 amide bonds. The van der Waals surface area contributed by atoms with E-state index in [0.717, 1.165) is 22.6 Å². The summed E-state index contributed by atoms with van der Waals surface area (Å²) in [6.45, 7) is 0.922. The second-order valence-electron chi connectivity index (χ2n) is 18.4. The number of rotatable bonds is 20. The lowest BCUT2D eigenvalue weighted by Crippen LogP contribution is -2.63. The number of phosphoric ester groups is 1. The average Bonchev–Trinajstić information content (AvgIpc) is 3.35. The summed E-state index contributed by atoms with van der Waals surface area (Å²) >= 11 is 0. The Balaban J connectivity index is 1.92. The molecule has 0 spiro atoms. The van der Waals surface area contributed by atoms with Gasteiger partial charge in [-0.2, -0.15) is 0 Å². The Bertz CT molecular complexity index is 2530. The van der Waals surface area contributed by atoms with E-state index in [2.05, 4.69) is 46.9 Å². The second-order valence-corrected chi connectivity index (χ2v) is 19.6. The van der Waals surface area contributed by atoms with Crippen molar-refractivity contribution >= 4 is 83.7 Å². The first-order valence-corrected chi connectivity index (χ1v) is 26.2. The zero-order chi connectivity index (χ0) is 56.1. The third-order valence-corrected chi connectivity index (χ3v) is 13.0. The molecule has 4 rings (SSSR count). The van der Waals surface area contributed by atoms with Gasteiger partial charge in [0.1, 0.15) is 42.3 Å². The third-order valence-electron chi connectivity index (χ3n) is 12.4. The predicted molar refractivity (Wildman–Crippen MR) is 279 cm³/mol. The highest BCUT2D eigenvalue weighted by molar-refractivity contribution is 7.46. The van der Waals surface area contributed by atoms with E-state index in [-0.39, 0.29) is 95.4 Å². The first-order valence-electron chi connectivity index (χ1n) is 24.7. The van der Waals surface area contributed by atoms with Crippen LogP contribution in [0.1, 0.15) is 83.1 Å². The van der Waals surface area contributed by atoms with Crippen LogP contribution < -0.4 is 72.0 Å². The number of phosphoric acid groups is 1. The zero-order valence-electron chi connectivity index (χ0n) is 42.2. The van der Waals surface area contributed by atoms with Crippen LogP contribution in [0.15, 0.2) is 57.4 Å². The van der Waals surface area contributed by atoms with Crippen LogP contribution in [0.4, 0.5) is 0 Å². The lowest BCUT2D eigenvalue weighted by atomic mass is 9.97. The number of hydrogen-bond donors (Lipinski definition) is 15. The molecule has 76 heavy (non-hydrogen) atoms. The van der Waals surface area contributed by atoms with E-state index in [1.54, 1.807) is 6.07 Å². The standard InChI is InChI=1S/C46H72N17O12P/c1-25(75-76(72,73)74)36-43(71)63-22-5-4-14-34(63)42(70)61-33(24-26-15-16-27-9-2-3-10-28(27)23-26)41(69)59-30(12-7-20-55-45(50)51)38(66)60-32(17-18-35(47)64)39(67)57-29(11-6-19-54-44(48)49)37(65)58-31(40(68)62-36)13-8-21-56-46(52)53/h2-3,9-10,15-16,23,25,29-34,36H,4-8,11-14,17-22,24H2,1H3,(H2,47,64)(H,57,67)(H,58,65)(H,59,69)(H,60,66)(H,61,70)(H,62,68)(H4,48,49,54)(H4,50,51,55)(H4,52,53,56)(H2,72,73,74)/t25-,29-,30+,31-,32+,33+,34+,36-/m1/s1. The van der Waals surface area contributed by atoms with E-state index in [1.807, 2.05) is 36.4 Å². The maximum Gasteiger partial charge on any atom is 0.469 e. The van der Waals surface area contributed by atoms with Crippen molar-refractivity contribution in [3.05, 3.63) is 48.0 Å². The average molecular weight is 1090 g/mol. The van der Waals surface area contributed by atoms with Crippen LogP contribution in [0.5, 0.6) is 0 Å².